The number of esters is 1. The molecule has 1 fully saturated rings. The molecule has 4 nitrogen and oxygen atoms in total. The number of nitrogens with zero attached hydrogens (tertiary/aromatic N) is 2. The lowest BCUT2D eigenvalue weighted by Gasteiger charge is -2.53. The van der Waals surface area contributed by atoms with Crippen molar-refractivity contribution in [3.63, 3.8) is 0 Å². The van der Waals surface area contributed by atoms with Gasteiger partial charge in [0.25, 0.3) is 0 Å². The van der Waals surface area contributed by atoms with Crippen LogP contribution in [0.5, 0.6) is 0 Å². The summed E-state index contributed by atoms with van der Waals surface area (Å²) in [6.45, 7) is 8.84. The SMILES string of the molecule is CN(C)c1ccc(C(=O)OC2CC(C)(C)N(C)C(C)(C)C2)cc1. The molecule has 1 aromatic carbocycles. The average Bonchev–Trinajstić information content (AvgIpc) is 2.44. The van der Waals surface area contributed by atoms with Gasteiger partial charge in [-0.15, -0.1) is 0 Å². The Hall–Kier alpha value is -1.55. The molecule has 23 heavy (non-hydrogen) atoms. The van der Waals surface area contributed by atoms with Crippen LogP contribution in [0.25, 0.3) is 0 Å². The summed E-state index contributed by atoms with van der Waals surface area (Å²) in [6, 6.07) is 7.56. The van der Waals surface area contributed by atoms with Crippen LogP contribution in [0.1, 0.15) is 50.9 Å². The van der Waals surface area contributed by atoms with Crippen LogP contribution in [0.3, 0.4) is 0 Å². The lowest BCUT2D eigenvalue weighted by Crippen LogP contribution is -2.60. The summed E-state index contributed by atoms with van der Waals surface area (Å²) in [7, 11) is 6.12. The Morgan fingerprint density at radius 1 is 1.09 bits per heavy atom. The highest BCUT2D eigenvalue weighted by molar-refractivity contribution is 5.90. The topological polar surface area (TPSA) is 32.8 Å². The van der Waals surface area contributed by atoms with Crippen molar-refractivity contribution in [2.75, 3.05) is 26.0 Å². The summed E-state index contributed by atoms with van der Waals surface area (Å²) >= 11 is 0. The molecule has 0 spiro atoms. The van der Waals surface area contributed by atoms with Crippen LogP contribution in [0.15, 0.2) is 24.3 Å². The maximum absolute atomic E-state index is 12.4. The van der Waals surface area contributed by atoms with Crippen molar-refractivity contribution in [2.45, 2.75) is 57.7 Å². The molecule has 0 aliphatic carbocycles. The second-order valence-corrected chi connectivity index (χ2v) is 8.06. The average molecular weight is 318 g/mol. The molecule has 1 saturated heterocycles. The summed E-state index contributed by atoms with van der Waals surface area (Å²) in [5, 5.41) is 0. The van der Waals surface area contributed by atoms with Crippen LogP contribution in [-0.4, -0.2) is 49.2 Å². The number of carbonyl (C=O) groups excluding carboxylic acids is 1. The van der Waals surface area contributed by atoms with Gasteiger partial charge in [-0.1, -0.05) is 0 Å². The number of hydrogen-bond acceptors (Lipinski definition) is 4. The minimum atomic E-state index is -0.226. The first kappa shape index (κ1) is 17.8. The third-order valence-electron chi connectivity index (χ3n) is 5.16. The Labute approximate surface area is 140 Å². The summed E-state index contributed by atoms with van der Waals surface area (Å²) < 4.78 is 5.82. The summed E-state index contributed by atoms with van der Waals surface area (Å²) in [5.41, 5.74) is 1.72. The van der Waals surface area contributed by atoms with E-state index in [1.54, 1.807) is 0 Å². The van der Waals surface area contributed by atoms with Crippen molar-refractivity contribution in [3.8, 4) is 0 Å². The van der Waals surface area contributed by atoms with Crippen LogP contribution in [0, 0.1) is 0 Å². The fourth-order valence-electron chi connectivity index (χ4n) is 3.48. The molecule has 0 atom stereocenters. The number of anilines is 1. The van der Waals surface area contributed by atoms with E-state index in [1.807, 2.05) is 43.3 Å². The zero-order valence-electron chi connectivity index (χ0n) is 15.5. The fourth-order valence-corrected chi connectivity index (χ4v) is 3.48. The molecule has 0 unspecified atom stereocenters. The van der Waals surface area contributed by atoms with Crippen molar-refractivity contribution in [2.24, 2.45) is 0 Å². The van der Waals surface area contributed by atoms with Crippen LogP contribution in [0.2, 0.25) is 0 Å². The van der Waals surface area contributed by atoms with Crippen molar-refractivity contribution in [1.29, 1.82) is 0 Å². The van der Waals surface area contributed by atoms with Crippen LogP contribution in [0.4, 0.5) is 5.69 Å². The predicted octanol–water partition coefficient (Wildman–Crippen LogP) is 3.56. The standard InChI is InChI=1S/C19H30N2O2/c1-18(2)12-16(13-19(3,4)21(18)7)23-17(22)14-8-10-15(11-9-14)20(5)6/h8-11,16H,12-13H2,1-7H3. The molecule has 1 aliphatic rings. The Bertz CT molecular complexity index is 543. The van der Waals surface area contributed by atoms with Gasteiger partial charge in [-0.3, -0.25) is 4.90 Å². The molecular formula is C19H30N2O2. The van der Waals surface area contributed by atoms with Crippen molar-refractivity contribution in [3.05, 3.63) is 29.8 Å². The highest BCUT2D eigenvalue weighted by Gasteiger charge is 2.44. The Morgan fingerprint density at radius 2 is 1.57 bits per heavy atom. The zero-order chi connectivity index (χ0) is 17.4. The van der Waals surface area contributed by atoms with Crippen LogP contribution < -0.4 is 4.90 Å². The number of rotatable bonds is 3. The molecule has 0 amide bonds. The molecule has 0 radical (unpaired) electrons. The minimum absolute atomic E-state index is 0.0154. The molecule has 128 valence electrons. The third kappa shape index (κ3) is 3.86. The van der Waals surface area contributed by atoms with E-state index < -0.39 is 0 Å². The quantitative estimate of drug-likeness (QED) is 0.798. The Kier molecular flexibility index (Phi) is 4.76. The molecule has 1 aliphatic heterocycles. The second kappa shape index (κ2) is 6.16. The number of piperidine rings is 1. The van der Waals surface area contributed by atoms with Gasteiger partial charge in [0.1, 0.15) is 6.10 Å². The van der Waals surface area contributed by atoms with Gasteiger partial charge in [0, 0.05) is 43.7 Å². The maximum atomic E-state index is 12.4. The van der Waals surface area contributed by atoms with Gasteiger partial charge in [-0.25, -0.2) is 4.79 Å². The second-order valence-electron chi connectivity index (χ2n) is 8.06. The maximum Gasteiger partial charge on any atom is 0.338 e. The van der Waals surface area contributed by atoms with Gasteiger partial charge in [0.15, 0.2) is 0 Å². The summed E-state index contributed by atoms with van der Waals surface area (Å²) in [5.74, 6) is -0.226. The molecule has 4 heteroatoms. The normalized spacial score (nSPS) is 21.0. The predicted molar refractivity (Wildman–Crippen MR) is 95.1 cm³/mol. The van der Waals surface area contributed by atoms with Crippen LogP contribution >= 0.6 is 0 Å². The van der Waals surface area contributed by atoms with Crippen LogP contribution in [-0.2, 0) is 4.74 Å². The molecule has 1 aromatic rings. The van der Waals surface area contributed by atoms with Gasteiger partial charge < -0.3 is 9.64 Å². The van der Waals surface area contributed by atoms with Crippen molar-refractivity contribution in [1.82, 2.24) is 4.90 Å². The monoisotopic (exact) mass is 318 g/mol. The van der Waals surface area contributed by atoms with Gasteiger partial charge >= 0.3 is 5.97 Å². The van der Waals surface area contributed by atoms with E-state index in [0.29, 0.717) is 5.56 Å². The molecule has 0 aromatic heterocycles. The first-order valence-corrected chi connectivity index (χ1v) is 8.25. The largest absolute Gasteiger partial charge is 0.459 e. The number of benzene rings is 1. The van der Waals surface area contributed by atoms with E-state index in [4.69, 9.17) is 4.74 Å². The van der Waals surface area contributed by atoms with E-state index in [1.165, 1.54) is 0 Å². The number of carbonyl (C=O) groups is 1. The molecule has 0 bridgehead atoms. The number of hydrogen-bond donors (Lipinski definition) is 0. The van der Waals surface area contributed by atoms with Gasteiger partial charge in [0.05, 0.1) is 5.56 Å². The van der Waals surface area contributed by atoms with Crippen molar-refractivity contribution < 1.29 is 9.53 Å². The highest BCUT2D eigenvalue weighted by Crippen LogP contribution is 2.38. The molecule has 0 saturated carbocycles. The highest BCUT2D eigenvalue weighted by atomic mass is 16.5. The number of ether oxygens (including phenoxy) is 1. The summed E-state index contributed by atoms with van der Waals surface area (Å²) in [4.78, 5) is 16.8. The zero-order valence-corrected chi connectivity index (χ0v) is 15.5. The minimum Gasteiger partial charge on any atom is -0.459 e. The lowest BCUT2D eigenvalue weighted by molar-refractivity contribution is -0.0732. The lowest BCUT2D eigenvalue weighted by atomic mass is 9.79. The Morgan fingerprint density at radius 3 is 2.00 bits per heavy atom. The van der Waals surface area contributed by atoms with E-state index in [0.717, 1.165) is 18.5 Å². The molecule has 1 heterocycles. The number of likely N-dealkylation sites (tertiary alicyclic amines) is 1. The fraction of sp³-hybridized carbons (Fsp3) is 0.632. The summed E-state index contributed by atoms with van der Waals surface area (Å²) in [6.07, 6.45) is 1.67. The van der Waals surface area contributed by atoms with Gasteiger partial charge in [-0.05, 0) is 59.0 Å². The van der Waals surface area contributed by atoms with Gasteiger partial charge in [0.2, 0.25) is 0 Å². The van der Waals surface area contributed by atoms with E-state index in [2.05, 4.69) is 39.6 Å². The third-order valence-corrected chi connectivity index (χ3v) is 5.16. The first-order chi connectivity index (χ1) is 10.5. The van der Waals surface area contributed by atoms with Crippen molar-refractivity contribution >= 4 is 11.7 Å². The molecule has 2 rings (SSSR count). The smallest absolute Gasteiger partial charge is 0.338 e. The van der Waals surface area contributed by atoms with E-state index in [9.17, 15) is 4.79 Å². The van der Waals surface area contributed by atoms with Gasteiger partial charge in [-0.2, -0.15) is 0 Å². The van der Waals surface area contributed by atoms with E-state index >= 15 is 0 Å². The van der Waals surface area contributed by atoms with E-state index in [-0.39, 0.29) is 23.2 Å². The Balaban J connectivity index is 2.08. The molecule has 0 N–H and O–H groups in total. The first-order valence-electron chi connectivity index (χ1n) is 8.25. The molecular weight excluding hydrogens is 288 g/mol.